The molecule has 0 aliphatic rings. The van der Waals surface area contributed by atoms with Gasteiger partial charge in [0.15, 0.2) is 11.4 Å². The lowest BCUT2D eigenvalue weighted by Crippen LogP contribution is -2.35. The molecule has 0 spiro atoms. The first-order chi connectivity index (χ1) is 13.6. The third-order valence-corrected chi connectivity index (χ3v) is 4.30. The Morgan fingerprint density at radius 3 is 2.54 bits per heavy atom. The van der Waals surface area contributed by atoms with E-state index < -0.39 is 11.9 Å². The number of amides is 1. The predicted octanol–water partition coefficient (Wildman–Crippen LogP) is 3.00. The summed E-state index contributed by atoms with van der Waals surface area (Å²) < 4.78 is 12.6. The fraction of sp³-hybridized carbons (Fsp3) is 0.286. The third-order valence-electron chi connectivity index (χ3n) is 4.30. The summed E-state index contributed by atoms with van der Waals surface area (Å²) in [5, 5.41) is 0. The number of carbonyl (C=O) groups excluding carboxylic acids is 2. The second kappa shape index (κ2) is 8.56. The summed E-state index contributed by atoms with van der Waals surface area (Å²) in [5.74, 6) is -0.502. The average molecular weight is 381 g/mol. The number of rotatable bonds is 6. The molecule has 0 fully saturated rings. The van der Waals surface area contributed by atoms with Crippen LogP contribution in [0.25, 0.3) is 5.65 Å². The first-order valence-electron chi connectivity index (χ1n) is 9.18. The van der Waals surface area contributed by atoms with E-state index in [-0.39, 0.29) is 6.61 Å². The van der Waals surface area contributed by atoms with Crippen molar-refractivity contribution < 1.29 is 19.1 Å². The highest BCUT2D eigenvalue weighted by Gasteiger charge is 2.27. The number of esters is 1. The lowest BCUT2D eigenvalue weighted by atomic mass is 10.2. The Morgan fingerprint density at radius 1 is 1.11 bits per heavy atom. The fourth-order valence-electron chi connectivity index (χ4n) is 2.94. The van der Waals surface area contributed by atoms with Gasteiger partial charge in [0.25, 0.3) is 0 Å². The Hall–Kier alpha value is -3.35. The van der Waals surface area contributed by atoms with Crippen molar-refractivity contribution in [2.24, 2.45) is 0 Å². The Labute approximate surface area is 163 Å². The van der Waals surface area contributed by atoms with Crippen molar-refractivity contribution in [2.45, 2.75) is 26.9 Å². The van der Waals surface area contributed by atoms with Crippen molar-refractivity contribution in [2.75, 3.05) is 18.6 Å². The smallest absolute Gasteiger partial charge is 0.397 e. The largest absolute Gasteiger partial charge is 0.485 e. The van der Waals surface area contributed by atoms with Gasteiger partial charge in [-0.1, -0.05) is 37.3 Å². The first-order valence-corrected chi connectivity index (χ1v) is 9.18. The van der Waals surface area contributed by atoms with E-state index in [0.717, 1.165) is 5.56 Å². The summed E-state index contributed by atoms with van der Waals surface area (Å²) >= 11 is 0. The highest BCUT2D eigenvalue weighted by molar-refractivity contribution is 6.37. The second-order valence-electron chi connectivity index (χ2n) is 6.16. The van der Waals surface area contributed by atoms with Gasteiger partial charge in [-0.2, -0.15) is 0 Å². The van der Waals surface area contributed by atoms with Crippen molar-refractivity contribution in [1.82, 2.24) is 9.38 Å². The Balaban J connectivity index is 1.95. The number of carbonyl (C=O) groups is 2. The molecular formula is C21H23N3O4. The van der Waals surface area contributed by atoms with E-state index in [1.165, 1.54) is 4.90 Å². The van der Waals surface area contributed by atoms with Gasteiger partial charge >= 0.3 is 11.9 Å². The molecule has 1 aromatic carbocycles. The number of fused-ring (bicyclic) bond motifs is 1. The SMILES string of the molecule is CCOC(=O)C(=O)N(C)c1c(CC)nc2c(OCc3ccccc3)cccn12. The highest BCUT2D eigenvalue weighted by Crippen LogP contribution is 2.28. The van der Waals surface area contributed by atoms with E-state index in [0.29, 0.717) is 35.9 Å². The van der Waals surface area contributed by atoms with Crippen LogP contribution in [-0.4, -0.2) is 34.9 Å². The predicted molar refractivity (Wildman–Crippen MR) is 105 cm³/mol. The molecule has 0 N–H and O–H groups in total. The van der Waals surface area contributed by atoms with Crippen LogP contribution < -0.4 is 9.64 Å². The van der Waals surface area contributed by atoms with Gasteiger partial charge in [-0.15, -0.1) is 0 Å². The number of imidazole rings is 1. The monoisotopic (exact) mass is 381 g/mol. The molecule has 7 heteroatoms. The molecule has 28 heavy (non-hydrogen) atoms. The van der Waals surface area contributed by atoms with E-state index in [9.17, 15) is 9.59 Å². The van der Waals surface area contributed by atoms with Gasteiger partial charge in [-0.05, 0) is 31.0 Å². The van der Waals surface area contributed by atoms with Crippen LogP contribution in [0.15, 0.2) is 48.7 Å². The van der Waals surface area contributed by atoms with Crippen LogP contribution in [-0.2, 0) is 27.4 Å². The third kappa shape index (κ3) is 3.83. The molecule has 146 valence electrons. The molecule has 0 radical (unpaired) electrons. The molecule has 0 aliphatic heterocycles. The second-order valence-corrected chi connectivity index (χ2v) is 6.16. The van der Waals surface area contributed by atoms with Gasteiger partial charge in [0.1, 0.15) is 12.4 Å². The molecule has 0 aliphatic carbocycles. The first kappa shape index (κ1) is 19.4. The number of hydrogen-bond acceptors (Lipinski definition) is 5. The van der Waals surface area contributed by atoms with Gasteiger partial charge in [0.2, 0.25) is 0 Å². The number of aromatic nitrogens is 2. The van der Waals surface area contributed by atoms with Gasteiger partial charge in [-0.25, -0.2) is 9.78 Å². The number of ether oxygens (including phenoxy) is 2. The molecule has 0 atom stereocenters. The average Bonchev–Trinajstić information content (AvgIpc) is 3.11. The topological polar surface area (TPSA) is 73.1 Å². The van der Waals surface area contributed by atoms with Crippen LogP contribution in [0.2, 0.25) is 0 Å². The minimum absolute atomic E-state index is 0.143. The zero-order valence-electron chi connectivity index (χ0n) is 16.2. The van der Waals surface area contributed by atoms with Crippen LogP contribution in [0.3, 0.4) is 0 Å². The van der Waals surface area contributed by atoms with E-state index in [1.807, 2.05) is 49.4 Å². The summed E-state index contributed by atoms with van der Waals surface area (Å²) in [4.78, 5) is 30.2. The lowest BCUT2D eigenvalue weighted by Gasteiger charge is -2.17. The number of nitrogens with zero attached hydrogens (tertiary/aromatic N) is 3. The summed E-state index contributed by atoms with van der Waals surface area (Å²) in [6.07, 6.45) is 2.39. The van der Waals surface area contributed by atoms with Crippen molar-refractivity contribution >= 4 is 23.3 Å². The van der Waals surface area contributed by atoms with E-state index in [4.69, 9.17) is 9.47 Å². The van der Waals surface area contributed by atoms with E-state index in [2.05, 4.69) is 4.98 Å². The lowest BCUT2D eigenvalue weighted by molar-refractivity contribution is -0.153. The summed E-state index contributed by atoms with van der Waals surface area (Å²) in [6, 6.07) is 13.5. The van der Waals surface area contributed by atoms with Crippen LogP contribution in [0.5, 0.6) is 5.75 Å². The van der Waals surface area contributed by atoms with Crippen molar-refractivity contribution in [3.8, 4) is 5.75 Å². The number of benzene rings is 1. The van der Waals surface area contributed by atoms with Crippen LogP contribution in [0.1, 0.15) is 25.1 Å². The Morgan fingerprint density at radius 2 is 1.86 bits per heavy atom. The summed E-state index contributed by atoms with van der Waals surface area (Å²) in [5.41, 5.74) is 2.33. The minimum atomic E-state index is -0.890. The molecule has 0 bridgehead atoms. The van der Waals surface area contributed by atoms with Crippen LogP contribution >= 0.6 is 0 Å². The van der Waals surface area contributed by atoms with Crippen molar-refractivity contribution in [3.63, 3.8) is 0 Å². The summed E-state index contributed by atoms with van der Waals surface area (Å²) in [6.45, 7) is 4.15. The van der Waals surface area contributed by atoms with Crippen molar-refractivity contribution in [1.29, 1.82) is 0 Å². The number of likely N-dealkylation sites (N-methyl/N-ethyl adjacent to an activating group) is 1. The molecule has 2 heterocycles. The normalized spacial score (nSPS) is 10.7. The highest BCUT2D eigenvalue weighted by atomic mass is 16.5. The maximum absolute atomic E-state index is 12.4. The summed E-state index contributed by atoms with van der Waals surface area (Å²) in [7, 11) is 1.54. The number of pyridine rings is 1. The zero-order chi connectivity index (χ0) is 20.1. The van der Waals surface area contributed by atoms with E-state index in [1.54, 1.807) is 24.6 Å². The molecule has 2 aromatic heterocycles. The fourth-order valence-corrected chi connectivity index (χ4v) is 2.94. The van der Waals surface area contributed by atoms with Gasteiger partial charge in [0, 0.05) is 13.2 Å². The van der Waals surface area contributed by atoms with Gasteiger partial charge < -0.3 is 9.47 Å². The molecule has 0 saturated carbocycles. The van der Waals surface area contributed by atoms with Gasteiger partial charge in [0.05, 0.1) is 12.3 Å². The molecule has 0 unspecified atom stereocenters. The Bertz CT molecular complexity index is 982. The standard InChI is InChI=1S/C21H23N3O4/c1-4-16-19(23(3)20(25)21(26)27-5-2)24-13-9-12-17(18(24)22-16)28-14-15-10-7-6-8-11-15/h6-13H,4-5,14H2,1-3H3. The molecule has 0 saturated heterocycles. The number of anilines is 1. The molecule has 3 rings (SSSR count). The van der Waals surface area contributed by atoms with Crippen LogP contribution in [0.4, 0.5) is 5.82 Å². The van der Waals surface area contributed by atoms with Gasteiger partial charge in [-0.3, -0.25) is 14.1 Å². The molecule has 7 nitrogen and oxygen atoms in total. The Kier molecular flexibility index (Phi) is 5.93. The van der Waals surface area contributed by atoms with Crippen molar-refractivity contribution in [3.05, 3.63) is 59.9 Å². The molecule has 3 aromatic rings. The zero-order valence-corrected chi connectivity index (χ0v) is 16.2. The molecule has 1 amide bonds. The number of hydrogen-bond donors (Lipinski definition) is 0. The maximum Gasteiger partial charge on any atom is 0.397 e. The maximum atomic E-state index is 12.4. The minimum Gasteiger partial charge on any atom is -0.485 e. The quantitative estimate of drug-likeness (QED) is 0.485. The van der Waals surface area contributed by atoms with E-state index >= 15 is 0 Å². The molecular weight excluding hydrogens is 358 g/mol. The number of aryl methyl sites for hydroxylation is 1. The van der Waals surface area contributed by atoms with Crippen LogP contribution in [0, 0.1) is 0 Å².